The highest BCUT2D eigenvalue weighted by atomic mass is 19.4. The van der Waals surface area contributed by atoms with E-state index in [0.717, 1.165) is 12.1 Å². The molecule has 0 bridgehead atoms. The molecule has 1 heterocycles. The van der Waals surface area contributed by atoms with Gasteiger partial charge in [0, 0.05) is 6.20 Å². The van der Waals surface area contributed by atoms with Crippen LogP contribution in [0.1, 0.15) is 16.1 Å². The predicted octanol–water partition coefficient (Wildman–Crippen LogP) is 3.41. The van der Waals surface area contributed by atoms with Gasteiger partial charge in [-0.1, -0.05) is 6.07 Å². The lowest BCUT2D eigenvalue weighted by Gasteiger charge is -2.10. The van der Waals surface area contributed by atoms with Crippen LogP contribution in [0.3, 0.4) is 0 Å². The Morgan fingerprint density at radius 2 is 2.00 bits per heavy atom. The molecule has 0 atom stereocenters. The summed E-state index contributed by atoms with van der Waals surface area (Å²) in [6.45, 7) is -0.277. The van der Waals surface area contributed by atoms with Gasteiger partial charge in [0.15, 0.2) is 11.6 Å². The number of carbonyl (C=O) groups is 1. The smallest absolute Gasteiger partial charge is 0.456 e. The fourth-order valence-corrected chi connectivity index (χ4v) is 1.53. The molecule has 1 aromatic carbocycles. The zero-order chi connectivity index (χ0) is 15.5. The van der Waals surface area contributed by atoms with Gasteiger partial charge in [0.2, 0.25) is 0 Å². The Hall–Kier alpha value is -2.51. The third kappa shape index (κ3) is 4.23. The number of nitrogens with one attached hydrogen (secondary N) is 1. The Morgan fingerprint density at radius 1 is 1.24 bits per heavy atom. The lowest BCUT2D eigenvalue weighted by atomic mass is 10.2. The molecule has 21 heavy (non-hydrogen) atoms. The van der Waals surface area contributed by atoms with Crippen LogP contribution in [0.4, 0.5) is 17.6 Å². The van der Waals surface area contributed by atoms with Crippen molar-refractivity contribution in [2.24, 2.45) is 0 Å². The molecule has 0 saturated heterocycles. The van der Waals surface area contributed by atoms with Crippen molar-refractivity contribution in [2.45, 2.75) is 13.0 Å². The summed E-state index contributed by atoms with van der Waals surface area (Å²) in [6.07, 6.45) is -3.44. The van der Waals surface area contributed by atoms with Crippen molar-refractivity contribution in [3.63, 3.8) is 0 Å². The summed E-state index contributed by atoms with van der Waals surface area (Å²) in [5.41, 5.74) is 0.412. The molecule has 2 rings (SSSR count). The summed E-state index contributed by atoms with van der Waals surface area (Å²) >= 11 is 0. The van der Waals surface area contributed by atoms with Gasteiger partial charge >= 0.3 is 12.3 Å². The van der Waals surface area contributed by atoms with Crippen LogP contribution in [0, 0.1) is 5.82 Å². The van der Waals surface area contributed by atoms with E-state index in [1.54, 1.807) is 6.07 Å². The summed E-state index contributed by atoms with van der Waals surface area (Å²) in [5.74, 6) is -2.79. The first-order valence-electron chi connectivity index (χ1n) is 5.70. The normalized spacial score (nSPS) is 11.2. The highest BCUT2D eigenvalue weighted by Gasteiger charge is 2.32. The maximum Gasteiger partial charge on any atom is 0.573 e. The standard InChI is InChI=1S/C13H9F4NO3/c14-9-6-8(3-4-11(9)21-13(15,16)17)7-20-12(19)10-2-1-5-18-10/h1-6,18H,7H2. The van der Waals surface area contributed by atoms with Gasteiger partial charge in [-0.25, -0.2) is 9.18 Å². The monoisotopic (exact) mass is 303 g/mol. The molecule has 0 aliphatic rings. The van der Waals surface area contributed by atoms with E-state index in [4.69, 9.17) is 4.74 Å². The molecule has 4 nitrogen and oxygen atoms in total. The van der Waals surface area contributed by atoms with E-state index >= 15 is 0 Å². The SMILES string of the molecule is O=C(OCc1ccc(OC(F)(F)F)c(F)c1)c1ccc[nH]1. The molecule has 0 aliphatic heterocycles. The van der Waals surface area contributed by atoms with Crippen LogP contribution in [0.15, 0.2) is 36.5 Å². The highest BCUT2D eigenvalue weighted by molar-refractivity contribution is 5.87. The number of aromatic amines is 1. The van der Waals surface area contributed by atoms with Crippen LogP contribution in [-0.4, -0.2) is 17.3 Å². The maximum absolute atomic E-state index is 13.4. The quantitative estimate of drug-likeness (QED) is 0.695. The van der Waals surface area contributed by atoms with Crippen LogP contribution >= 0.6 is 0 Å². The second-order valence-corrected chi connectivity index (χ2v) is 3.97. The number of rotatable bonds is 4. The summed E-state index contributed by atoms with van der Waals surface area (Å²) in [5, 5.41) is 0. The number of alkyl halides is 3. The van der Waals surface area contributed by atoms with Crippen molar-refractivity contribution in [3.8, 4) is 5.75 Å². The Labute approximate surface area is 116 Å². The molecule has 0 radical (unpaired) electrons. The molecule has 112 valence electrons. The molecular weight excluding hydrogens is 294 g/mol. The third-order valence-corrected chi connectivity index (χ3v) is 2.41. The number of carbonyl (C=O) groups excluding carboxylic acids is 1. The maximum atomic E-state index is 13.4. The molecule has 8 heteroatoms. The molecular formula is C13H9F4NO3. The third-order valence-electron chi connectivity index (χ3n) is 2.41. The fraction of sp³-hybridized carbons (Fsp3) is 0.154. The lowest BCUT2D eigenvalue weighted by Crippen LogP contribution is -2.18. The Kier molecular flexibility index (Phi) is 4.15. The van der Waals surface area contributed by atoms with Crippen molar-refractivity contribution in [2.75, 3.05) is 0 Å². The first-order valence-corrected chi connectivity index (χ1v) is 5.70. The number of hydrogen-bond acceptors (Lipinski definition) is 3. The molecule has 0 saturated carbocycles. The highest BCUT2D eigenvalue weighted by Crippen LogP contribution is 2.26. The van der Waals surface area contributed by atoms with Crippen molar-refractivity contribution >= 4 is 5.97 Å². The van der Waals surface area contributed by atoms with Crippen molar-refractivity contribution < 1.29 is 31.8 Å². The van der Waals surface area contributed by atoms with Gasteiger partial charge in [-0.3, -0.25) is 0 Å². The van der Waals surface area contributed by atoms with Gasteiger partial charge in [0.05, 0.1) is 0 Å². The number of halogens is 4. The summed E-state index contributed by atoms with van der Waals surface area (Å²) < 4.78 is 57.7. The molecule has 2 aromatic rings. The first-order chi connectivity index (χ1) is 9.85. The van der Waals surface area contributed by atoms with Crippen LogP contribution in [0.2, 0.25) is 0 Å². The van der Waals surface area contributed by atoms with E-state index in [-0.39, 0.29) is 17.9 Å². The topological polar surface area (TPSA) is 51.3 Å². The van der Waals surface area contributed by atoms with Gasteiger partial charge in [-0.2, -0.15) is 0 Å². The predicted molar refractivity (Wildman–Crippen MR) is 63.0 cm³/mol. The summed E-state index contributed by atoms with van der Waals surface area (Å²) in [7, 11) is 0. The Morgan fingerprint density at radius 3 is 2.57 bits per heavy atom. The molecule has 1 aromatic heterocycles. The average Bonchev–Trinajstić information content (AvgIpc) is 2.91. The zero-order valence-corrected chi connectivity index (χ0v) is 10.4. The second-order valence-electron chi connectivity index (χ2n) is 3.97. The van der Waals surface area contributed by atoms with Gasteiger partial charge in [-0.05, 0) is 29.8 Å². The molecule has 0 unspecified atom stereocenters. The van der Waals surface area contributed by atoms with Crippen LogP contribution in [0.5, 0.6) is 5.75 Å². The molecule has 0 spiro atoms. The van der Waals surface area contributed by atoms with E-state index < -0.39 is 23.9 Å². The zero-order valence-electron chi connectivity index (χ0n) is 10.4. The van der Waals surface area contributed by atoms with Crippen molar-refractivity contribution in [1.82, 2.24) is 4.98 Å². The minimum atomic E-state index is -4.97. The van der Waals surface area contributed by atoms with E-state index in [1.165, 1.54) is 18.3 Å². The number of aromatic nitrogens is 1. The van der Waals surface area contributed by atoms with Crippen LogP contribution < -0.4 is 4.74 Å². The lowest BCUT2D eigenvalue weighted by molar-refractivity contribution is -0.275. The Balaban J connectivity index is 1.99. The number of benzene rings is 1. The molecule has 0 fully saturated rings. The largest absolute Gasteiger partial charge is 0.573 e. The van der Waals surface area contributed by atoms with Gasteiger partial charge in [0.25, 0.3) is 0 Å². The average molecular weight is 303 g/mol. The van der Waals surface area contributed by atoms with E-state index in [2.05, 4.69) is 9.72 Å². The van der Waals surface area contributed by atoms with Gasteiger partial charge in [-0.15, -0.1) is 13.2 Å². The van der Waals surface area contributed by atoms with Crippen molar-refractivity contribution in [1.29, 1.82) is 0 Å². The molecule has 0 amide bonds. The summed E-state index contributed by atoms with van der Waals surface area (Å²) in [6, 6.07) is 5.89. The second kappa shape index (κ2) is 5.86. The van der Waals surface area contributed by atoms with Gasteiger partial charge < -0.3 is 14.5 Å². The van der Waals surface area contributed by atoms with E-state index in [1.807, 2.05) is 0 Å². The van der Waals surface area contributed by atoms with Crippen molar-refractivity contribution in [3.05, 3.63) is 53.6 Å². The van der Waals surface area contributed by atoms with Crippen LogP contribution in [0.25, 0.3) is 0 Å². The number of H-pyrrole nitrogens is 1. The number of esters is 1. The number of ether oxygens (including phenoxy) is 2. The fourth-order valence-electron chi connectivity index (χ4n) is 1.53. The van der Waals surface area contributed by atoms with Gasteiger partial charge in [0.1, 0.15) is 12.3 Å². The van der Waals surface area contributed by atoms with Crippen LogP contribution in [-0.2, 0) is 11.3 Å². The minimum Gasteiger partial charge on any atom is -0.456 e. The Bertz CT molecular complexity index is 623. The number of hydrogen-bond donors (Lipinski definition) is 1. The first kappa shape index (κ1) is 14.9. The molecule has 1 N–H and O–H groups in total. The molecule has 0 aliphatic carbocycles. The van der Waals surface area contributed by atoms with E-state index in [0.29, 0.717) is 0 Å². The summed E-state index contributed by atoms with van der Waals surface area (Å²) in [4.78, 5) is 14.1. The van der Waals surface area contributed by atoms with E-state index in [9.17, 15) is 22.4 Å². The minimum absolute atomic E-state index is 0.196.